The van der Waals surface area contributed by atoms with Crippen LogP contribution in [0.25, 0.3) is 10.9 Å². The normalized spacial score (nSPS) is 10.7. The number of esters is 1. The van der Waals surface area contributed by atoms with Crippen molar-refractivity contribution >= 4 is 16.9 Å². The second-order valence-electron chi connectivity index (χ2n) is 9.37. The lowest BCUT2D eigenvalue weighted by Crippen LogP contribution is -3.00. The van der Waals surface area contributed by atoms with Crippen LogP contribution in [0.2, 0.25) is 0 Å². The summed E-state index contributed by atoms with van der Waals surface area (Å²) in [5.41, 5.74) is 3.05. The van der Waals surface area contributed by atoms with Gasteiger partial charge in [-0.2, -0.15) is 0 Å². The van der Waals surface area contributed by atoms with Crippen LogP contribution in [0.5, 0.6) is 5.75 Å². The van der Waals surface area contributed by atoms with Crippen LogP contribution in [-0.4, -0.2) is 17.1 Å². The van der Waals surface area contributed by atoms with Crippen LogP contribution < -0.4 is 33.3 Å². The summed E-state index contributed by atoms with van der Waals surface area (Å²) < 4.78 is 15.6. The molecule has 0 fully saturated rings. The average molecular weight is 613 g/mol. The number of pyridine rings is 1. The van der Waals surface area contributed by atoms with Gasteiger partial charge in [-0.05, 0) is 48.7 Å². The fourth-order valence-corrected chi connectivity index (χ4v) is 4.43. The number of carbonyl (C=O) groups excluding carboxylic acids is 1. The summed E-state index contributed by atoms with van der Waals surface area (Å²) in [6.07, 6.45) is 14.0. The third-order valence-corrected chi connectivity index (χ3v) is 6.44. The van der Waals surface area contributed by atoms with Gasteiger partial charge >= 0.3 is 5.97 Å². The second kappa shape index (κ2) is 15.4. The Morgan fingerprint density at radius 3 is 2.41 bits per heavy atom. The summed E-state index contributed by atoms with van der Waals surface area (Å²) >= 11 is 0. The van der Waals surface area contributed by atoms with E-state index < -0.39 is 0 Å². The van der Waals surface area contributed by atoms with E-state index in [1.807, 2.05) is 42.1 Å². The number of benzene rings is 2. The topological polar surface area (TPSA) is 44.3 Å². The molecule has 0 saturated heterocycles. The number of rotatable bonds is 14. The summed E-state index contributed by atoms with van der Waals surface area (Å²) in [6, 6.07) is 22.4. The summed E-state index contributed by atoms with van der Waals surface area (Å²) in [7, 11) is 1.90. The monoisotopic (exact) mass is 612 g/mol. The van der Waals surface area contributed by atoms with E-state index in [0.29, 0.717) is 18.8 Å². The first kappa shape index (κ1) is 28.7. The van der Waals surface area contributed by atoms with Crippen LogP contribution in [0.3, 0.4) is 0 Å². The molecule has 0 aliphatic heterocycles. The number of unbranched alkanes of at least 4 members (excludes halogenated alkanes) is 6. The van der Waals surface area contributed by atoms with Gasteiger partial charge in [0.05, 0.1) is 6.61 Å². The zero-order valence-electron chi connectivity index (χ0n) is 21.7. The molecule has 4 aromatic rings. The van der Waals surface area contributed by atoms with Gasteiger partial charge in [0.2, 0.25) is 0 Å². The molecular formula is C31H37IN2O3. The summed E-state index contributed by atoms with van der Waals surface area (Å²) in [5, 5.41) is 1.22. The molecule has 196 valence electrons. The number of halogens is 1. The number of fused-ring (bicyclic) bond motifs is 1. The third-order valence-electron chi connectivity index (χ3n) is 6.44. The zero-order chi connectivity index (χ0) is 25.0. The second-order valence-corrected chi connectivity index (χ2v) is 9.37. The number of ether oxygens (including phenoxy) is 2. The number of aryl methyl sites for hydroxylation is 2. The number of carbonyl (C=O) groups is 1. The van der Waals surface area contributed by atoms with E-state index in [0.717, 1.165) is 25.1 Å². The van der Waals surface area contributed by atoms with Crippen molar-refractivity contribution in [1.82, 2.24) is 4.57 Å². The largest absolute Gasteiger partial charge is 1.00 e. The van der Waals surface area contributed by atoms with Crippen molar-refractivity contribution in [2.75, 3.05) is 6.61 Å². The first-order valence-electron chi connectivity index (χ1n) is 13.1. The Labute approximate surface area is 237 Å². The molecule has 0 N–H and O–H groups in total. The van der Waals surface area contributed by atoms with Crippen LogP contribution in [0.15, 0.2) is 85.3 Å². The lowest BCUT2D eigenvalue weighted by Gasteiger charge is -2.08. The Kier molecular flexibility index (Phi) is 11.9. The van der Waals surface area contributed by atoms with Crippen LogP contribution in [0, 0.1) is 0 Å². The molecule has 0 aliphatic carbocycles. The van der Waals surface area contributed by atoms with Gasteiger partial charge in [-0.15, -0.1) is 0 Å². The van der Waals surface area contributed by atoms with Crippen molar-refractivity contribution in [2.24, 2.45) is 7.05 Å². The lowest BCUT2D eigenvalue weighted by atomic mass is 10.1. The minimum absolute atomic E-state index is 0. The fraction of sp³-hybridized carbons (Fsp3) is 0.355. The third kappa shape index (κ3) is 9.18. The molecule has 0 saturated carbocycles. The van der Waals surface area contributed by atoms with Crippen LogP contribution in [-0.2, 0) is 24.9 Å². The summed E-state index contributed by atoms with van der Waals surface area (Å²) in [5.74, 6) is 0.674. The van der Waals surface area contributed by atoms with Crippen molar-refractivity contribution in [3.63, 3.8) is 0 Å². The molecule has 0 aliphatic rings. The Balaban J connectivity index is 0.00000380. The number of hydrogen-bond acceptors (Lipinski definition) is 3. The summed E-state index contributed by atoms with van der Waals surface area (Å²) in [6.45, 7) is 2.13. The Morgan fingerprint density at radius 1 is 0.865 bits per heavy atom. The van der Waals surface area contributed by atoms with Gasteiger partial charge in [0, 0.05) is 29.7 Å². The molecule has 0 atom stereocenters. The smallest absolute Gasteiger partial charge is 0.344 e. The quantitative estimate of drug-likeness (QED) is 0.0947. The van der Waals surface area contributed by atoms with Gasteiger partial charge in [0.15, 0.2) is 12.4 Å². The van der Waals surface area contributed by atoms with Gasteiger partial charge < -0.3 is 38.0 Å². The highest BCUT2D eigenvalue weighted by Crippen LogP contribution is 2.23. The highest BCUT2D eigenvalue weighted by atomic mass is 127. The SMILES string of the molecule is C[n+]1cccc(C(=O)OCCCCCCCCCn2ccc3cc(OCc4ccccc4)ccc32)c1.[I-]. The summed E-state index contributed by atoms with van der Waals surface area (Å²) in [4.78, 5) is 12.0. The van der Waals surface area contributed by atoms with E-state index in [1.54, 1.807) is 12.3 Å². The molecule has 0 spiro atoms. The van der Waals surface area contributed by atoms with Crippen molar-refractivity contribution in [3.05, 3.63) is 96.4 Å². The van der Waals surface area contributed by atoms with Gasteiger partial charge in [-0.25, -0.2) is 9.36 Å². The lowest BCUT2D eigenvalue weighted by molar-refractivity contribution is -0.671. The van der Waals surface area contributed by atoms with Crippen molar-refractivity contribution in [3.8, 4) is 5.75 Å². The molecule has 0 unspecified atom stereocenters. The molecule has 2 aromatic heterocycles. The van der Waals surface area contributed by atoms with Crippen molar-refractivity contribution < 1.29 is 42.8 Å². The average Bonchev–Trinajstić information content (AvgIpc) is 3.31. The molecule has 6 heteroatoms. The first-order valence-corrected chi connectivity index (χ1v) is 13.1. The van der Waals surface area contributed by atoms with E-state index in [9.17, 15) is 4.79 Å². The van der Waals surface area contributed by atoms with Crippen LogP contribution >= 0.6 is 0 Å². The van der Waals surface area contributed by atoms with Gasteiger partial charge in [0.1, 0.15) is 25.0 Å². The predicted molar refractivity (Wildman–Crippen MR) is 143 cm³/mol. The van der Waals surface area contributed by atoms with Gasteiger partial charge in [-0.3, -0.25) is 0 Å². The first-order chi connectivity index (χ1) is 17.7. The standard InChI is InChI=1S/C31H37N2O3.HI/c1-32-19-12-15-28(24-32)31(34)35-22-11-6-4-2-3-5-10-20-33-21-18-27-23-29(16-17-30(27)33)36-25-26-13-8-7-9-14-26;/h7-9,12-19,21,23-24H,2-6,10-11,20,22,25H2,1H3;1H/q+1;/p-1. The minimum Gasteiger partial charge on any atom is -1.00 e. The van der Waals surface area contributed by atoms with E-state index in [2.05, 4.69) is 47.2 Å². The Bertz CT molecular complexity index is 1240. The fourth-order valence-electron chi connectivity index (χ4n) is 4.43. The number of hydrogen-bond donors (Lipinski definition) is 0. The Morgan fingerprint density at radius 2 is 1.62 bits per heavy atom. The Hall–Kier alpha value is -2.87. The maximum absolute atomic E-state index is 12.0. The maximum atomic E-state index is 12.0. The maximum Gasteiger partial charge on any atom is 0.344 e. The van der Waals surface area contributed by atoms with Crippen molar-refractivity contribution in [1.29, 1.82) is 0 Å². The number of aromatic nitrogens is 2. The molecule has 0 amide bonds. The molecule has 37 heavy (non-hydrogen) atoms. The van der Waals surface area contributed by atoms with Crippen LogP contribution in [0.4, 0.5) is 0 Å². The van der Waals surface area contributed by atoms with Gasteiger partial charge in [-0.1, -0.05) is 62.4 Å². The molecule has 2 aromatic carbocycles. The molecule has 0 radical (unpaired) electrons. The molecular weight excluding hydrogens is 575 g/mol. The van der Waals surface area contributed by atoms with E-state index in [1.165, 1.54) is 48.6 Å². The molecule has 5 nitrogen and oxygen atoms in total. The van der Waals surface area contributed by atoms with Crippen molar-refractivity contribution in [2.45, 2.75) is 58.1 Å². The molecule has 2 heterocycles. The highest BCUT2D eigenvalue weighted by molar-refractivity contribution is 5.88. The van der Waals surface area contributed by atoms with E-state index >= 15 is 0 Å². The van der Waals surface area contributed by atoms with Gasteiger partial charge in [0.25, 0.3) is 0 Å². The molecule has 0 bridgehead atoms. The minimum atomic E-state index is -0.236. The molecule has 4 rings (SSSR count). The zero-order valence-corrected chi connectivity index (χ0v) is 23.8. The number of nitrogens with zero attached hydrogens (tertiary/aromatic N) is 2. The van der Waals surface area contributed by atoms with E-state index in [4.69, 9.17) is 9.47 Å². The predicted octanol–water partition coefficient (Wildman–Crippen LogP) is 3.64. The highest BCUT2D eigenvalue weighted by Gasteiger charge is 2.10. The van der Waals surface area contributed by atoms with Crippen LogP contribution in [0.1, 0.15) is 60.9 Å². The van der Waals surface area contributed by atoms with E-state index in [-0.39, 0.29) is 29.9 Å².